The van der Waals surface area contributed by atoms with Gasteiger partial charge in [-0.2, -0.15) is 0 Å². The minimum Gasteiger partial charge on any atom is -0.461 e. The van der Waals surface area contributed by atoms with Gasteiger partial charge in [-0.1, -0.05) is 65.3 Å². The van der Waals surface area contributed by atoms with E-state index in [0.717, 1.165) is 15.6 Å². The molecular formula is C23H23BrO5. The summed E-state index contributed by atoms with van der Waals surface area (Å²) in [5.41, 5.74) is 0.911. The molecule has 2 unspecified atom stereocenters. The summed E-state index contributed by atoms with van der Waals surface area (Å²) < 4.78 is 11.9. The van der Waals surface area contributed by atoms with Gasteiger partial charge in [-0.3, -0.25) is 4.79 Å². The van der Waals surface area contributed by atoms with Gasteiger partial charge in [0, 0.05) is 16.5 Å². The first-order valence-corrected chi connectivity index (χ1v) is 10.3. The quantitative estimate of drug-likeness (QED) is 0.495. The van der Waals surface area contributed by atoms with Gasteiger partial charge in [0.25, 0.3) is 0 Å². The van der Waals surface area contributed by atoms with Crippen LogP contribution in [0.25, 0.3) is 6.08 Å². The van der Waals surface area contributed by atoms with Gasteiger partial charge in [0.1, 0.15) is 6.61 Å². The summed E-state index contributed by atoms with van der Waals surface area (Å²) in [4.78, 5) is 24.9. The average Bonchev–Trinajstić information content (AvgIpc) is 3.05. The fourth-order valence-electron chi connectivity index (χ4n) is 3.33. The summed E-state index contributed by atoms with van der Waals surface area (Å²) in [6.45, 7) is 1.30. The molecule has 6 heteroatoms. The van der Waals surface area contributed by atoms with Crippen molar-refractivity contribution in [3.63, 3.8) is 0 Å². The minimum atomic E-state index is -1.25. The third kappa shape index (κ3) is 5.14. The molecule has 1 aliphatic heterocycles. The molecule has 2 aromatic rings. The van der Waals surface area contributed by atoms with E-state index in [2.05, 4.69) is 15.9 Å². The highest BCUT2D eigenvalue weighted by Crippen LogP contribution is 2.33. The van der Waals surface area contributed by atoms with Crippen LogP contribution in [0.2, 0.25) is 0 Å². The van der Waals surface area contributed by atoms with E-state index in [1.165, 1.54) is 0 Å². The molecular weight excluding hydrogens is 436 g/mol. The Morgan fingerprint density at radius 3 is 2.55 bits per heavy atom. The zero-order valence-corrected chi connectivity index (χ0v) is 17.7. The molecule has 1 aliphatic rings. The predicted octanol–water partition coefficient (Wildman–Crippen LogP) is 4.25. The Morgan fingerprint density at radius 1 is 1.24 bits per heavy atom. The Balaban J connectivity index is 1.69. The van der Waals surface area contributed by atoms with Gasteiger partial charge in [-0.15, -0.1) is 0 Å². The second kappa shape index (κ2) is 9.37. The summed E-state index contributed by atoms with van der Waals surface area (Å²) in [5, 5.41) is 9.88. The largest absolute Gasteiger partial charge is 0.461 e. The maximum atomic E-state index is 12.6. The van der Waals surface area contributed by atoms with Gasteiger partial charge in [0.15, 0.2) is 5.60 Å². The molecule has 3 rings (SSSR count). The zero-order valence-electron chi connectivity index (χ0n) is 16.1. The lowest BCUT2D eigenvalue weighted by Crippen LogP contribution is -2.39. The van der Waals surface area contributed by atoms with Crippen molar-refractivity contribution >= 4 is 33.9 Å². The predicted molar refractivity (Wildman–Crippen MR) is 113 cm³/mol. The first-order chi connectivity index (χ1) is 14.0. The number of ether oxygens (including phenoxy) is 2. The standard InChI is InChI=1S/C23H23BrO5/c1-2-20(17-6-4-3-5-7-17)22(27)28-15-23(14-25)13-18(21(26)29-23)12-16-8-10-19(24)11-9-16/h3-12,20,25H,2,13-15H2,1H3/b18-12+. The normalized spacial score (nSPS) is 21.1. The Morgan fingerprint density at radius 2 is 1.93 bits per heavy atom. The van der Waals surface area contributed by atoms with E-state index >= 15 is 0 Å². The van der Waals surface area contributed by atoms with Crippen molar-refractivity contribution in [2.75, 3.05) is 13.2 Å². The van der Waals surface area contributed by atoms with Crippen LogP contribution < -0.4 is 0 Å². The SMILES string of the molecule is CCC(C(=O)OCC1(CO)C/C(=C\c2ccc(Br)cc2)C(=O)O1)c1ccccc1. The lowest BCUT2D eigenvalue weighted by Gasteiger charge is -2.25. The van der Waals surface area contributed by atoms with Crippen LogP contribution in [0, 0.1) is 0 Å². The van der Waals surface area contributed by atoms with Crippen LogP contribution in [-0.2, 0) is 19.1 Å². The van der Waals surface area contributed by atoms with E-state index in [4.69, 9.17) is 9.47 Å². The van der Waals surface area contributed by atoms with E-state index in [0.29, 0.717) is 12.0 Å². The van der Waals surface area contributed by atoms with Crippen molar-refractivity contribution in [1.82, 2.24) is 0 Å². The highest BCUT2D eigenvalue weighted by atomic mass is 79.9. The highest BCUT2D eigenvalue weighted by molar-refractivity contribution is 9.10. The van der Waals surface area contributed by atoms with Gasteiger partial charge >= 0.3 is 11.9 Å². The fraction of sp³-hybridized carbons (Fsp3) is 0.304. The van der Waals surface area contributed by atoms with Crippen molar-refractivity contribution in [3.8, 4) is 0 Å². The van der Waals surface area contributed by atoms with Crippen molar-refractivity contribution < 1.29 is 24.2 Å². The van der Waals surface area contributed by atoms with Crippen molar-refractivity contribution in [1.29, 1.82) is 0 Å². The molecule has 0 spiro atoms. The van der Waals surface area contributed by atoms with Crippen molar-refractivity contribution in [3.05, 3.63) is 75.8 Å². The maximum Gasteiger partial charge on any atom is 0.334 e. The minimum absolute atomic E-state index is 0.174. The second-order valence-corrected chi connectivity index (χ2v) is 8.02. The first-order valence-electron chi connectivity index (χ1n) is 9.48. The smallest absolute Gasteiger partial charge is 0.334 e. The van der Waals surface area contributed by atoms with Crippen LogP contribution in [-0.4, -0.2) is 35.9 Å². The van der Waals surface area contributed by atoms with Gasteiger partial charge in [0.05, 0.1) is 12.5 Å². The van der Waals surface area contributed by atoms with Gasteiger partial charge < -0.3 is 14.6 Å². The van der Waals surface area contributed by atoms with Gasteiger partial charge in [-0.25, -0.2) is 4.79 Å². The molecule has 0 radical (unpaired) electrons. The third-order valence-corrected chi connectivity index (χ3v) is 5.48. The monoisotopic (exact) mass is 458 g/mol. The molecule has 152 valence electrons. The molecule has 29 heavy (non-hydrogen) atoms. The van der Waals surface area contributed by atoms with Crippen LogP contribution in [0.5, 0.6) is 0 Å². The summed E-state index contributed by atoms with van der Waals surface area (Å²) in [5.74, 6) is -1.30. The van der Waals surface area contributed by atoms with Crippen molar-refractivity contribution in [2.45, 2.75) is 31.3 Å². The molecule has 1 N–H and O–H groups in total. The number of cyclic esters (lactones) is 1. The third-order valence-electron chi connectivity index (χ3n) is 4.96. The number of carbonyl (C=O) groups excluding carboxylic acids is 2. The fourth-order valence-corrected chi connectivity index (χ4v) is 3.59. The molecule has 1 saturated heterocycles. The molecule has 0 saturated carbocycles. The van der Waals surface area contributed by atoms with E-state index in [-0.39, 0.29) is 13.0 Å². The number of aliphatic hydroxyl groups excluding tert-OH is 1. The number of rotatable bonds is 7. The average molecular weight is 459 g/mol. The van der Waals surface area contributed by atoms with Crippen LogP contribution >= 0.6 is 15.9 Å². The Labute approximate surface area is 178 Å². The topological polar surface area (TPSA) is 72.8 Å². The number of esters is 2. The molecule has 0 aromatic heterocycles. The van der Waals surface area contributed by atoms with Crippen LogP contribution in [0.4, 0.5) is 0 Å². The van der Waals surface area contributed by atoms with Gasteiger partial charge in [0.2, 0.25) is 0 Å². The zero-order chi connectivity index (χ0) is 20.9. The van der Waals surface area contributed by atoms with E-state index in [1.807, 2.05) is 61.5 Å². The lowest BCUT2D eigenvalue weighted by molar-refractivity contribution is -0.167. The Bertz CT molecular complexity index is 891. The molecule has 1 heterocycles. The number of halogens is 1. The number of hydrogen-bond donors (Lipinski definition) is 1. The van der Waals surface area contributed by atoms with Crippen molar-refractivity contribution in [2.24, 2.45) is 0 Å². The highest BCUT2D eigenvalue weighted by Gasteiger charge is 2.45. The Kier molecular flexibility index (Phi) is 6.87. The van der Waals surface area contributed by atoms with Gasteiger partial charge in [-0.05, 0) is 35.8 Å². The molecule has 1 fully saturated rings. The summed E-state index contributed by atoms with van der Waals surface area (Å²) in [6, 6.07) is 16.9. The number of aliphatic hydroxyl groups is 1. The van der Waals surface area contributed by atoms with E-state index < -0.39 is 30.1 Å². The molecule has 0 amide bonds. The molecule has 5 nitrogen and oxygen atoms in total. The maximum absolute atomic E-state index is 12.6. The Hall–Kier alpha value is -2.44. The second-order valence-electron chi connectivity index (χ2n) is 7.11. The summed E-state index contributed by atoms with van der Waals surface area (Å²) >= 11 is 3.37. The van der Waals surface area contributed by atoms with Crippen LogP contribution in [0.15, 0.2) is 64.6 Å². The number of benzene rings is 2. The summed E-state index contributed by atoms with van der Waals surface area (Å²) in [7, 11) is 0. The molecule has 0 aliphatic carbocycles. The molecule has 2 atom stereocenters. The lowest BCUT2D eigenvalue weighted by atomic mass is 9.96. The number of carbonyl (C=O) groups is 2. The van der Waals surface area contributed by atoms with E-state index in [1.54, 1.807) is 6.08 Å². The summed E-state index contributed by atoms with van der Waals surface area (Å²) in [6.07, 6.45) is 2.49. The van der Waals surface area contributed by atoms with Crippen LogP contribution in [0.3, 0.4) is 0 Å². The first kappa shape index (κ1) is 21.3. The molecule has 2 aromatic carbocycles. The molecule has 0 bridgehead atoms. The number of hydrogen-bond acceptors (Lipinski definition) is 5. The van der Waals surface area contributed by atoms with Crippen LogP contribution in [0.1, 0.15) is 36.8 Å². The van der Waals surface area contributed by atoms with E-state index in [9.17, 15) is 14.7 Å².